The molecule has 90 valence electrons. The minimum atomic E-state index is 0.874. The minimum absolute atomic E-state index is 0.874. The summed E-state index contributed by atoms with van der Waals surface area (Å²) in [4.78, 5) is 5.00. The molecule has 0 unspecified atom stereocenters. The second kappa shape index (κ2) is 7.53. The van der Waals surface area contributed by atoms with Gasteiger partial charge in [0.2, 0.25) is 0 Å². The third kappa shape index (κ3) is 5.23. The lowest BCUT2D eigenvalue weighted by Gasteiger charge is -2.26. The molecular formula is C12H26N2S. The van der Waals surface area contributed by atoms with Crippen LogP contribution in [0.25, 0.3) is 0 Å². The van der Waals surface area contributed by atoms with Crippen LogP contribution in [-0.4, -0.2) is 61.6 Å². The summed E-state index contributed by atoms with van der Waals surface area (Å²) in [5.41, 5.74) is 0. The van der Waals surface area contributed by atoms with E-state index in [1.54, 1.807) is 0 Å². The maximum atomic E-state index is 2.56. The van der Waals surface area contributed by atoms with Crippen LogP contribution in [0.1, 0.15) is 25.7 Å². The molecule has 0 amide bonds. The molecule has 0 aliphatic heterocycles. The van der Waals surface area contributed by atoms with Crippen molar-refractivity contribution in [3.05, 3.63) is 0 Å². The highest BCUT2D eigenvalue weighted by Crippen LogP contribution is 2.21. The summed E-state index contributed by atoms with van der Waals surface area (Å²) in [6.07, 6.45) is 7.91. The van der Waals surface area contributed by atoms with Crippen molar-refractivity contribution in [2.45, 2.75) is 31.7 Å². The van der Waals surface area contributed by atoms with Crippen molar-refractivity contribution in [3.8, 4) is 0 Å². The Morgan fingerprint density at radius 3 is 2.33 bits per heavy atom. The Balaban J connectivity index is 2.07. The predicted molar refractivity (Wildman–Crippen MR) is 70.8 cm³/mol. The largest absolute Gasteiger partial charge is 0.304 e. The molecule has 0 bridgehead atoms. The van der Waals surface area contributed by atoms with Crippen LogP contribution in [0.2, 0.25) is 0 Å². The predicted octanol–water partition coefficient (Wildman–Crippen LogP) is 2.16. The van der Waals surface area contributed by atoms with Gasteiger partial charge in [-0.25, -0.2) is 0 Å². The Kier molecular flexibility index (Phi) is 6.69. The SMILES string of the molecule is CSCCN(C)CCN(C)C1CCCC1. The lowest BCUT2D eigenvalue weighted by atomic mass is 10.2. The van der Waals surface area contributed by atoms with E-state index in [1.807, 2.05) is 11.8 Å². The van der Waals surface area contributed by atoms with Gasteiger partial charge < -0.3 is 9.80 Å². The first-order chi connectivity index (χ1) is 7.24. The molecule has 1 rings (SSSR count). The fraction of sp³-hybridized carbons (Fsp3) is 1.00. The summed E-state index contributed by atoms with van der Waals surface area (Å²) in [5.74, 6) is 1.25. The standard InChI is InChI=1S/C12H26N2S/c1-13(10-11-15-3)8-9-14(2)12-6-4-5-7-12/h12H,4-11H2,1-3H3. The van der Waals surface area contributed by atoms with Crippen LogP contribution in [0.15, 0.2) is 0 Å². The van der Waals surface area contributed by atoms with Gasteiger partial charge in [-0.1, -0.05) is 12.8 Å². The molecule has 1 aliphatic rings. The van der Waals surface area contributed by atoms with E-state index in [4.69, 9.17) is 0 Å². The summed E-state index contributed by atoms with van der Waals surface area (Å²) in [6, 6.07) is 0.874. The van der Waals surface area contributed by atoms with Crippen molar-refractivity contribution in [1.82, 2.24) is 9.80 Å². The molecular weight excluding hydrogens is 204 g/mol. The summed E-state index contributed by atoms with van der Waals surface area (Å²) >= 11 is 1.93. The fourth-order valence-electron chi connectivity index (χ4n) is 2.21. The number of rotatable bonds is 7. The average Bonchev–Trinajstić information content (AvgIpc) is 2.76. The van der Waals surface area contributed by atoms with E-state index in [1.165, 1.54) is 51.1 Å². The van der Waals surface area contributed by atoms with Crippen molar-refractivity contribution >= 4 is 11.8 Å². The lowest BCUT2D eigenvalue weighted by Crippen LogP contribution is -2.36. The smallest absolute Gasteiger partial charge is 0.0109 e. The zero-order valence-electron chi connectivity index (χ0n) is 10.5. The second-order valence-electron chi connectivity index (χ2n) is 4.71. The van der Waals surface area contributed by atoms with Crippen LogP contribution in [0, 0.1) is 0 Å². The second-order valence-corrected chi connectivity index (χ2v) is 5.70. The first kappa shape index (κ1) is 13.3. The zero-order chi connectivity index (χ0) is 11.1. The topological polar surface area (TPSA) is 6.48 Å². The zero-order valence-corrected chi connectivity index (χ0v) is 11.4. The Morgan fingerprint density at radius 2 is 1.73 bits per heavy atom. The molecule has 0 atom stereocenters. The number of hydrogen-bond acceptors (Lipinski definition) is 3. The Morgan fingerprint density at radius 1 is 1.07 bits per heavy atom. The molecule has 3 heteroatoms. The molecule has 0 aromatic rings. The van der Waals surface area contributed by atoms with Crippen molar-refractivity contribution in [2.75, 3.05) is 45.7 Å². The fourth-order valence-corrected chi connectivity index (χ4v) is 2.71. The van der Waals surface area contributed by atoms with Gasteiger partial charge in [0.1, 0.15) is 0 Å². The van der Waals surface area contributed by atoms with Gasteiger partial charge >= 0.3 is 0 Å². The monoisotopic (exact) mass is 230 g/mol. The molecule has 0 radical (unpaired) electrons. The van der Waals surface area contributed by atoms with Crippen LogP contribution in [0.3, 0.4) is 0 Å². The first-order valence-electron chi connectivity index (χ1n) is 6.11. The maximum Gasteiger partial charge on any atom is 0.0109 e. The number of nitrogens with zero attached hydrogens (tertiary/aromatic N) is 2. The van der Waals surface area contributed by atoms with Crippen molar-refractivity contribution in [2.24, 2.45) is 0 Å². The van der Waals surface area contributed by atoms with E-state index in [0.717, 1.165) is 6.04 Å². The summed E-state index contributed by atoms with van der Waals surface area (Å²) in [7, 11) is 4.52. The van der Waals surface area contributed by atoms with E-state index < -0.39 is 0 Å². The van der Waals surface area contributed by atoms with Crippen LogP contribution in [0.5, 0.6) is 0 Å². The van der Waals surface area contributed by atoms with Gasteiger partial charge in [-0.15, -0.1) is 0 Å². The van der Waals surface area contributed by atoms with Gasteiger partial charge in [0.25, 0.3) is 0 Å². The van der Waals surface area contributed by atoms with Crippen LogP contribution < -0.4 is 0 Å². The number of hydrogen-bond donors (Lipinski definition) is 0. The van der Waals surface area contributed by atoms with Gasteiger partial charge in [-0.2, -0.15) is 11.8 Å². The molecule has 1 saturated carbocycles. The van der Waals surface area contributed by atoms with Crippen molar-refractivity contribution < 1.29 is 0 Å². The van der Waals surface area contributed by atoms with Gasteiger partial charge in [0, 0.05) is 31.4 Å². The van der Waals surface area contributed by atoms with Crippen molar-refractivity contribution in [3.63, 3.8) is 0 Å². The Hall–Kier alpha value is 0.270. The summed E-state index contributed by atoms with van der Waals surface area (Å²) in [6.45, 7) is 3.67. The van der Waals surface area contributed by atoms with E-state index in [0.29, 0.717) is 0 Å². The molecule has 1 fully saturated rings. The van der Waals surface area contributed by atoms with Crippen LogP contribution in [-0.2, 0) is 0 Å². The van der Waals surface area contributed by atoms with Gasteiger partial charge in [-0.3, -0.25) is 0 Å². The molecule has 0 saturated heterocycles. The quantitative estimate of drug-likeness (QED) is 0.662. The van der Waals surface area contributed by atoms with Gasteiger partial charge in [0.15, 0.2) is 0 Å². The summed E-state index contributed by atoms with van der Waals surface area (Å²) in [5, 5.41) is 0. The molecule has 15 heavy (non-hydrogen) atoms. The highest BCUT2D eigenvalue weighted by molar-refractivity contribution is 7.98. The highest BCUT2D eigenvalue weighted by Gasteiger charge is 2.19. The lowest BCUT2D eigenvalue weighted by molar-refractivity contribution is 0.211. The van der Waals surface area contributed by atoms with Crippen LogP contribution >= 0.6 is 11.8 Å². The van der Waals surface area contributed by atoms with E-state index in [9.17, 15) is 0 Å². The third-order valence-corrected chi connectivity index (χ3v) is 4.05. The van der Waals surface area contributed by atoms with Crippen LogP contribution in [0.4, 0.5) is 0 Å². The Labute approximate surface area is 99.4 Å². The minimum Gasteiger partial charge on any atom is -0.304 e. The summed E-state index contributed by atoms with van der Waals surface area (Å²) < 4.78 is 0. The Bertz CT molecular complexity index is 158. The van der Waals surface area contributed by atoms with Crippen molar-refractivity contribution in [1.29, 1.82) is 0 Å². The van der Waals surface area contributed by atoms with Gasteiger partial charge in [-0.05, 0) is 33.2 Å². The molecule has 0 heterocycles. The van der Waals surface area contributed by atoms with E-state index in [2.05, 4.69) is 30.2 Å². The average molecular weight is 230 g/mol. The molecule has 0 N–H and O–H groups in total. The molecule has 0 aromatic carbocycles. The molecule has 0 aromatic heterocycles. The number of likely N-dealkylation sites (N-methyl/N-ethyl adjacent to an activating group) is 2. The normalized spacial score (nSPS) is 18.2. The number of thioether (sulfide) groups is 1. The van der Waals surface area contributed by atoms with E-state index >= 15 is 0 Å². The van der Waals surface area contributed by atoms with Gasteiger partial charge in [0.05, 0.1) is 0 Å². The third-order valence-electron chi connectivity index (χ3n) is 3.46. The highest BCUT2D eigenvalue weighted by atomic mass is 32.2. The molecule has 1 aliphatic carbocycles. The first-order valence-corrected chi connectivity index (χ1v) is 7.51. The van der Waals surface area contributed by atoms with E-state index in [-0.39, 0.29) is 0 Å². The maximum absolute atomic E-state index is 2.56. The molecule has 0 spiro atoms. The molecule has 2 nitrogen and oxygen atoms in total.